The molecule has 6 nitrogen and oxygen atoms in total. The highest BCUT2D eigenvalue weighted by Crippen LogP contribution is 2.22. The van der Waals surface area contributed by atoms with E-state index in [2.05, 4.69) is 14.9 Å². The van der Waals surface area contributed by atoms with Crippen molar-refractivity contribution in [3.63, 3.8) is 0 Å². The van der Waals surface area contributed by atoms with E-state index >= 15 is 0 Å². The van der Waals surface area contributed by atoms with Crippen molar-refractivity contribution in [1.82, 2.24) is 10.2 Å². The van der Waals surface area contributed by atoms with Gasteiger partial charge in [0.25, 0.3) is 10.0 Å². The summed E-state index contributed by atoms with van der Waals surface area (Å²) in [5.41, 5.74) is 0.297. The predicted octanol–water partition coefficient (Wildman–Crippen LogP) is 1.53. The molecular formula is C11H12FN3O3S2. The molecule has 1 aromatic carbocycles. The molecule has 0 aliphatic rings. The van der Waals surface area contributed by atoms with Gasteiger partial charge in [-0.15, -0.1) is 10.2 Å². The molecule has 0 unspecified atom stereocenters. The van der Waals surface area contributed by atoms with E-state index in [0.29, 0.717) is 17.0 Å². The molecule has 0 atom stereocenters. The zero-order valence-corrected chi connectivity index (χ0v) is 12.1. The summed E-state index contributed by atoms with van der Waals surface area (Å²) in [6.07, 6.45) is 0.638. The van der Waals surface area contributed by atoms with Crippen molar-refractivity contribution in [3.05, 3.63) is 34.6 Å². The minimum Gasteiger partial charge on any atom is -0.392 e. The van der Waals surface area contributed by atoms with Crippen molar-refractivity contribution < 1.29 is 17.9 Å². The third-order valence-electron chi connectivity index (χ3n) is 2.46. The summed E-state index contributed by atoms with van der Waals surface area (Å²) < 4.78 is 40.0. The topological polar surface area (TPSA) is 92.2 Å². The molecule has 0 saturated carbocycles. The molecular weight excluding hydrogens is 305 g/mol. The van der Waals surface area contributed by atoms with Gasteiger partial charge in [-0.05, 0) is 24.1 Å². The van der Waals surface area contributed by atoms with Crippen LogP contribution in [0.3, 0.4) is 0 Å². The summed E-state index contributed by atoms with van der Waals surface area (Å²) >= 11 is 1.09. The molecule has 0 aliphatic heterocycles. The smallest absolute Gasteiger partial charge is 0.266 e. The van der Waals surface area contributed by atoms with Crippen LogP contribution in [0.2, 0.25) is 0 Å². The van der Waals surface area contributed by atoms with E-state index in [1.54, 1.807) is 0 Å². The first-order valence-corrected chi connectivity index (χ1v) is 8.00. The Hall–Kier alpha value is -1.58. The molecule has 1 heterocycles. The minimum absolute atomic E-state index is 0.0903. The average Bonchev–Trinajstić information content (AvgIpc) is 2.85. The maximum absolute atomic E-state index is 13.7. The van der Waals surface area contributed by atoms with Crippen LogP contribution in [0.4, 0.5) is 9.52 Å². The van der Waals surface area contributed by atoms with Crippen LogP contribution < -0.4 is 4.72 Å². The summed E-state index contributed by atoms with van der Waals surface area (Å²) in [4.78, 5) is -0.497. The van der Waals surface area contributed by atoms with Gasteiger partial charge in [-0.25, -0.2) is 12.8 Å². The second kappa shape index (κ2) is 5.81. The number of aliphatic hydroxyl groups is 1. The van der Waals surface area contributed by atoms with Gasteiger partial charge in [0.1, 0.15) is 15.7 Å². The number of sulfonamides is 1. The number of aliphatic hydroxyl groups excluding tert-OH is 1. The zero-order chi connectivity index (χ0) is 14.8. The lowest BCUT2D eigenvalue weighted by Gasteiger charge is -2.06. The van der Waals surface area contributed by atoms with Gasteiger partial charge < -0.3 is 5.11 Å². The zero-order valence-electron chi connectivity index (χ0n) is 10.5. The van der Waals surface area contributed by atoms with Gasteiger partial charge in [-0.3, -0.25) is 4.72 Å². The van der Waals surface area contributed by atoms with E-state index in [-0.39, 0.29) is 11.7 Å². The van der Waals surface area contributed by atoms with Crippen LogP contribution in [-0.4, -0.2) is 23.7 Å². The number of benzene rings is 1. The number of rotatable bonds is 5. The van der Waals surface area contributed by atoms with E-state index < -0.39 is 20.7 Å². The Morgan fingerprint density at radius 3 is 2.70 bits per heavy atom. The van der Waals surface area contributed by atoms with Crippen molar-refractivity contribution >= 4 is 26.5 Å². The number of nitrogens with one attached hydrogen (secondary N) is 1. The van der Waals surface area contributed by atoms with Gasteiger partial charge in [-0.1, -0.05) is 24.3 Å². The number of aryl methyl sites for hydroxylation is 1. The largest absolute Gasteiger partial charge is 0.392 e. The van der Waals surface area contributed by atoms with Crippen molar-refractivity contribution in [1.29, 1.82) is 0 Å². The van der Waals surface area contributed by atoms with Gasteiger partial charge in [0.15, 0.2) is 0 Å². The molecule has 2 rings (SSSR count). The van der Waals surface area contributed by atoms with Crippen molar-refractivity contribution in [3.8, 4) is 0 Å². The Balaban J connectivity index is 2.30. The molecule has 20 heavy (non-hydrogen) atoms. The summed E-state index contributed by atoms with van der Waals surface area (Å²) in [5, 5.41) is 17.1. The standard InChI is InChI=1S/C11H12FN3O3S2/c1-2-10-13-14-11(19-10)15-20(17,18)9-4-3-7(6-16)5-8(9)12/h3-5,16H,2,6H2,1H3,(H,14,15). The molecule has 0 saturated heterocycles. The number of aromatic nitrogens is 2. The summed E-state index contributed by atoms with van der Waals surface area (Å²) in [5.74, 6) is -0.927. The fraction of sp³-hybridized carbons (Fsp3) is 0.273. The molecule has 0 fully saturated rings. The first-order chi connectivity index (χ1) is 9.46. The van der Waals surface area contributed by atoms with E-state index in [9.17, 15) is 12.8 Å². The molecule has 9 heteroatoms. The number of hydrogen-bond donors (Lipinski definition) is 2. The summed E-state index contributed by atoms with van der Waals surface area (Å²) in [6, 6.07) is 3.42. The molecule has 0 radical (unpaired) electrons. The molecule has 0 aliphatic carbocycles. The maximum Gasteiger partial charge on any atom is 0.266 e. The van der Waals surface area contributed by atoms with Crippen LogP contribution in [0.5, 0.6) is 0 Å². The Bertz CT molecular complexity index is 715. The van der Waals surface area contributed by atoms with E-state index in [4.69, 9.17) is 5.11 Å². The highest BCUT2D eigenvalue weighted by atomic mass is 32.2. The van der Waals surface area contributed by atoms with Gasteiger partial charge in [0.2, 0.25) is 5.13 Å². The van der Waals surface area contributed by atoms with Crippen molar-refractivity contribution in [2.45, 2.75) is 24.8 Å². The Labute approximate surface area is 119 Å². The molecule has 0 bridgehead atoms. The Morgan fingerprint density at radius 2 is 2.15 bits per heavy atom. The van der Waals surface area contributed by atoms with Crippen LogP contribution in [0.25, 0.3) is 0 Å². The lowest BCUT2D eigenvalue weighted by molar-refractivity contribution is 0.281. The van der Waals surface area contributed by atoms with Crippen molar-refractivity contribution in [2.24, 2.45) is 0 Å². The number of anilines is 1. The van der Waals surface area contributed by atoms with Crippen LogP contribution >= 0.6 is 11.3 Å². The quantitative estimate of drug-likeness (QED) is 0.872. The lowest BCUT2D eigenvalue weighted by Crippen LogP contribution is -2.14. The highest BCUT2D eigenvalue weighted by molar-refractivity contribution is 7.93. The third kappa shape index (κ3) is 3.11. The minimum atomic E-state index is -4.06. The maximum atomic E-state index is 13.7. The fourth-order valence-electron chi connectivity index (χ4n) is 1.47. The second-order valence-electron chi connectivity index (χ2n) is 3.88. The Kier molecular flexibility index (Phi) is 4.31. The third-order valence-corrected chi connectivity index (χ3v) is 4.94. The van der Waals surface area contributed by atoms with Gasteiger partial charge in [0.05, 0.1) is 6.61 Å². The number of halogens is 1. The van der Waals surface area contributed by atoms with Crippen molar-refractivity contribution in [2.75, 3.05) is 4.72 Å². The lowest BCUT2D eigenvalue weighted by atomic mass is 10.2. The molecule has 108 valence electrons. The van der Waals surface area contributed by atoms with Crippen LogP contribution in [-0.2, 0) is 23.1 Å². The molecule has 0 spiro atoms. The number of nitrogens with zero attached hydrogens (tertiary/aromatic N) is 2. The van der Waals surface area contributed by atoms with E-state index in [1.165, 1.54) is 6.07 Å². The summed E-state index contributed by atoms with van der Waals surface area (Å²) in [6.45, 7) is 1.51. The van der Waals surface area contributed by atoms with Gasteiger partial charge in [-0.2, -0.15) is 0 Å². The van der Waals surface area contributed by atoms with Gasteiger partial charge >= 0.3 is 0 Å². The SMILES string of the molecule is CCc1nnc(NS(=O)(=O)c2ccc(CO)cc2F)s1. The Morgan fingerprint density at radius 1 is 1.40 bits per heavy atom. The molecule has 2 aromatic rings. The normalized spacial score (nSPS) is 11.6. The first kappa shape index (κ1) is 14.8. The fourth-order valence-corrected chi connectivity index (χ4v) is 3.44. The molecule has 1 aromatic heterocycles. The second-order valence-corrected chi connectivity index (χ2v) is 6.60. The molecule has 2 N–H and O–H groups in total. The highest BCUT2D eigenvalue weighted by Gasteiger charge is 2.21. The predicted molar refractivity (Wildman–Crippen MR) is 72.4 cm³/mol. The monoisotopic (exact) mass is 317 g/mol. The molecule has 0 amide bonds. The van der Waals surface area contributed by atoms with E-state index in [0.717, 1.165) is 23.5 Å². The van der Waals surface area contributed by atoms with Crippen LogP contribution in [0.15, 0.2) is 23.1 Å². The van der Waals surface area contributed by atoms with E-state index in [1.807, 2.05) is 6.92 Å². The first-order valence-electron chi connectivity index (χ1n) is 5.70. The summed E-state index contributed by atoms with van der Waals surface area (Å²) in [7, 11) is -4.06. The number of hydrogen-bond acceptors (Lipinski definition) is 6. The van der Waals surface area contributed by atoms with Crippen LogP contribution in [0, 0.1) is 5.82 Å². The average molecular weight is 317 g/mol. The van der Waals surface area contributed by atoms with Gasteiger partial charge in [0, 0.05) is 0 Å². The van der Waals surface area contributed by atoms with Crippen LogP contribution in [0.1, 0.15) is 17.5 Å².